The molecule has 6 rings (SSSR count). The van der Waals surface area contributed by atoms with E-state index in [-0.39, 0.29) is 48.6 Å². The summed E-state index contributed by atoms with van der Waals surface area (Å²) in [6, 6.07) is 5.91. The Morgan fingerprint density at radius 1 is 1.15 bits per heavy atom. The Balaban J connectivity index is 1.46. The van der Waals surface area contributed by atoms with Gasteiger partial charge in [0.05, 0.1) is 40.8 Å². The number of rotatable bonds is 7. The van der Waals surface area contributed by atoms with E-state index in [1.165, 1.54) is 38.8 Å². The second kappa shape index (κ2) is 9.65. The molecule has 1 aliphatic carbocycles. The van der Waals surface area contributed by atoms with Crippen LogP contribution < -0.4 is 0 Å². The van der Waals surface area contributed by atoms with Crippen LogP contribution in [0.3, 0.4) is 0 Å². The van der Waals surface area contributed by atoms with Crippen LogP contribution in [0.25, 0.3) is 5.69 Å². The summed E-state index contributed by atoms with van der Waals surface area (Å²) in [7, 11) is -2.50. The lowest BCUT2D eigenvalue weighted by molar-refractivity contribution is -0.131. The number of sulfonamides is 1. The Labute approximate surface area is 234 Å². The fourth-order valence-corrected chi connectivity index (χ4v) is 7.95. The van der Waals surface area contributed by atoms with Crippen LogP contribution in [0.2, 0.25) is 0 Å². The lowest BCUT2D eigenvalue weighted by Gasteiger charge is -2.55. The van der Waals surface area contributed by atoms with Gasteiger partial charge < -0.3 is 4.74 Å². The van der Waals surface area contributed by atoms with Gasteiger partial charge in [-0.25, -0.2) is 22.5 Å². The van der Waals surface area contributed by atoms with E-state index in [4.69, 9.17) is 4.74 Å². The predicted octanol–water partition coefficient (Wildman–Crippen LogP) is 3.09. The quantitative estimate of drug-likeness (QED) is 0.303. The number of benzene rings is 1. The minimum atomic E-state index is -4.06. The van der Waals surface area contributed by atoms with Crippen molar-refractivity contribution in [2.45, 2.75) is 49.8 Å². The Hall–Kier alpha value is -3.33. The van der Waals surface area contributed by atoms with Crippen molar-refractivity contribution >= 4 is 27.1 Å². The third-order valence-corrected chi connectivity index (χ3v) is 10.5. The number of carbonyl (C=O) groups excluding carboxylic acids is 1. The van der Waals surface area contributed by atoms with Crippen LogP contribution in [0.5, 0.6) is 0 Å². The second-order valence-electron chi connectivity index (χ2n) is 10.5. The van der Waals surface area contributed by atoms with E-state index < -0.39 is 21.0 Å². The van der Waals surface area contributed by atoms with Gasteiger partial charge in [-0.2, -0.15) is 19.3 Å². The van der Waals surface area contributed by atoms with Crippen LogP contribution in [-0.4, -0.2) is 74.1 Å². The molecule has 2 atom stereocenters. The molecule has 2 aliphatic rings. The number of ether oxygens (including phenoxy) is 1. The van der Waals surface area contributed by atoms with Gasteiger partial charge in [-0.15, -0.1) is 16.4 Å². The van der Waals surface area contributed by atoms with Crippen molar-refractivity contribution in [2.24, 2.45) is 5.41 Å². The van der Waals surface area contributed by atoms with Crippen molar-refractivity contribution in [3.63, 3.8) is 0 Å². The summed E-state index contributed by atoms with van der Waals surface area (Å²) < 4.78 is 50.5. The normalized spacial score (nSPS) is 23.2. The number of nitrogens with zero attached hydrogens (tertiary/aromatic N) is 7. The predicted molar refractivity (Wildman–Crippen MR) is 143 cm³/mol. The largest absolute Gasteiger partial charge is 0.377 e. The number of piperidine rings is 1. The topological polar surface area (TPSA) is 125 Å². The van der Waals surface area contributed by atoms with Gasteiger partial charge in [0, 0.05) is 38.2 Å². The number of ketones is 1. The van der Waals surface area contributed by atoms with E-state index in [0.29, 0.717) is 17.1 Å². The van der Waals surface area contributed by atoms with Crippen molar-refractivity contribution in [1.29, 1.82) is 0 Å². The number of aromatic nitrogens is 6. The summed E-state index contributed by atoms with van der Waals surface area (Å²) in [4.78, 5) is 20.0. The molecule has 0 bridgehead atoms. The molecule has 1 saturated heterocycles. The summed E-state index contributed by atoms with van der Waals surface area (Å²) in [6.45, 7) is 3.73. The van der Waals surface area contributed by atoms with Crippen molar-refractivity contribution < 1.29 is 22.3 Å². The van der Waals surface area contributed by atoms with E-state index in [1.807, 2.05) is 13.8 Å². The molecule has 0 amide bonds. The molecule has 4 heterocycles. The third kappa shape index (κ3) is 4.04. The zero-order valence-electron chi connectivity index (χ0n) is 22.2. The van der Waals surface area contributed by atoms with Crippen molar-refractivity contribution in [2.75, 3.05) is 20.2 Å². The van der Waals surface area contributed by atoms with Gasteiger partial charge in [0.2, 0.25) is 10.8 Å². The summed E-state index contributed by atoms with van der Waals surface area (Å²) >= 11 is 1.21. The SMILES string of the molecule is COC12CCN(S(=O)(=O)c3cnn(C(C)C)n3)C[C@@]1(C(=O)c1nccs1)Cc1cnn(-c3ccc(F)cc3)c1C2. The van der Waals surface area contributed by atoms with E-state index in [1.54, 1.807) is 41.7 Å². The van der Waals surface area contributed by atoms with Gasteiger partial charge in [-0.3, -0.25) is 4.79 Å². The molecule has 1 fully saturated rings. The average molecular weight is 586 g/mol. The first-order chi connectivity index (χ1) is 19.1. The number of hydrogen-bond donors (Lipinski definition) is 0. The Morgan fingerprint density at radius 2 is 1.93 bits per heavy atom. The summed E-state index contributed by atoms with van der Waals surface area (Å²) in [5, 5.41) is 14.7. The first-order valence-electron chi connectivity index (χ1n) is 12.8. The highest BCUT2D eigenvalue weighted by Crippen LogP contribution is 2.53. The van der Waals surface area contributed by atoms with Gasteiger partial charge in [-0.05, 0) is 56.5 Å². The monoisotopic (exact) mass is 585 g/mol. The van der Waals surface area contributed by atoms with Crippen LogP contribution in [0.4, 0.5) is 4.39 Å². The minimum Gasteiger partial charge on any atom is -0.377 e. The maximum absolute atomic E-state index is 14.4. The number of methoxy groups -OCH3 is 1. The minimum absolute atomic E-state index is 0.112. The highest BCUT2D eigenvalue weighted by molar-refractivity contribution is 7.89. The maximum Gasteiger partial charge on any atom is 0.264 e. The summed E-state index contributed by atoms with van der Waals surface area (Å²) in [5.41, 5.74) is 0.00473. The molecule has 14 heteroatoms. The molecule has 1 aromatic carbocycles. The number of halogens is 1. The fourth-order valence-electron chi connectivity index (χ4n) is 5.92. The number of Topliss-reactive ketones (excluding diaryl/α,β-unsaturated/α-hetero) is 1. The Bertz CT molecular complexity index is 1670. The Kier molecular flexibility index (Phi) is 6.48. The van der Waals surface area contributed by atoms with E-state index in [2.05, 4.69) is 20.3 Å². The van der Waals surface area contributed by atoms with Gasteiger partial charge in [0.15, 0.2) is 5.01 Å². The highest BCUT2D eigenvalue weighted by atomic mass is 32.2. The van der Waals surface area contributed by atoms with Crippen LogP contribution in [0, 0.1) is 11.2 Å². The standard InChI is InChI=1S/C26H28FN7O4S2/c1-17(2)34-30-15-22(31-34)40(36,37)32-10-8-26(38-3)13-21-18(14-29-33(21)20-6-4-19(27)5-7-20)12-25(26,16-32)23(35)24-28-9-11-39-24/h4-7,9,11,14-15,17H,8,10,12-13,16H2,1-3H3/t25-,26?/m1/s1. The number of thiazole rings is 1. The van der Waals surface area contributed by atoms with Crippen molar-refractivity contribution in [1.82, 2.24) is 34.1 Å². The smallest absolute Gasteiger partial charge is 0.264 e. The molecule has 40 heavy (non-hydrogen) atoms. The average Bonchev–Trinajstić information content (AvgIpc) is 3.72. The zero-order chi connectivity index (χ0) is 28.3. The number of fused-ring (bicyclic) bond motifs is 2. The van der Waals surface area contributed by atoms with Gasteiger partial charge >= 0.3 is 0 Å². The van der Waals surface area contributed by atoms with Crippen molar-refractivity contribution in [3.05, 3.63) is 70.3 Å². The van der Waals surface area contributed by atoms with Gasteiger partial charge in [0.1, 0.15) is 5.82 Å². The number of carbonyl (C=O) groups is 1. The molecular formula is C26H28FN7O4S2. The molecule has 0 radical (unpaired) electrons. The Morgan fingerprint density at radius 3 is 2.58 bits per heavy atom. The molecule has 4 aromatic rings. The summed E-state index contributed by atoms with van der Waals surface area (Å²) in [6.07, 6.45) is 5.26. The second-order valence-corrected chi connectivity index (χ2v) is 13.3. The van der Waals surface area contributed by atoms with Gasteiger partial charge in [-0.1, -0.05) is 0 Å². The van der Waals surface area contributed by atoms with Crippen LogP contribution in [0.1, 0.15) is 47.4 Å². The lowest BCUT2D eigenvalue weighted by Crippen LogP contribution is -2.68. The third-order valence-electron chi connectivity index (χ3n) is 8.06. The van der Waals surface area contributed by atoms with E-state index in [0.717, 1.165) is 11.3 Å². The van der Waals surface area contributed by atoms with Gasteiger partial charge in [0.25, 0.3) is 10.0 Å². The molecule has 1 aliphatic heterocycles. The summed E-state index contributed by atoms with van der Waals surface area (Å²) in [5.74, 6) is -0.622. The molecule has 210 valence electrons. The first-order valence-corrected chi connectivity index (χ1v) is 15.2. The van der Waals surface area contributed by atoms with E-state index >= 15 is 0 Å². The first kappa shape index (κ1) is 26.9. The molecular weight excluding hydrogens is 557 g/mol. The molecule has 11 nitrogen and oxygen atoms in total. The number of hydrogen-bond acceptors (Lipinski definition) is 9. The van der Waals surface area contributed by atoms with Crippen molar-refractivity contribution in [3.8, 4) is 5.69 Å². The van der Waals surface area contributed by atoms with E-state index in [9.17, 15) is 17.6 Å². The molecule has 0 N–H and O–H groups in total. The molecule has 3 aromatic heterocycles. The zero-order valence-corrected chi connectivity index (χ0v) is 23.8. The van der Waals surface area contributed by atoms with Crippen LogP contribution in [-0.2, 0) is 27.6 Å². The molecule has 0 spiro atoms. The van der Waals surface area contributed by atoms with Crippen LogP contribution >= 0.6 is 11.3 Å². The highest BCUT2D eigenvalue weighted by Gasteiger charge is 2.64. The van der Waals surface area contributed by atoms with Crippen LogP contribution in [0.15, 0.2) is 53.3 Å². The lowest BCUT2D eigenvalue weighted by atomic mass is 9.57. The fraction of sp³-hybridized carbons (Fsp3) is 0.423. The maximum atomic E-state index is 14.4. The molecule has 1 unspecified atom stereocenters. The molecule has 0 saturated carbocycles.